The molecule has 7 heteroatoms. The van der Waals surface area contributed by atoms with Crippen LogP contribution in [0.25, 0.3) is 20.4 Å². The van der Waals surface area contributed by atoms with Gasteiger partial charge in [-0.05, 0) is 35.2 Å². The summed E-state index contributed by atoms with van der Waals surface area (Å²) in [5.41, 5.74) is 2.34. The number of hydrogen-bond donors (Lipinski definition) is 0. The Labute approximate surface area is 192 Å². The number of pyridine rings is 1. The van der Waals surface area contributed by atoms with Gasteiger partial charge in [0.05, 0.1) is 5.52 Å². The first-order chi connectivity index (χ1) is 15.6. The number of benzene rings is 2. The number of thiophene rings is 1. The quantitative estimate of drug-likeness (QED) is 0.222. The highest BCUT2D eigenvalue weighted by Gasteiger charge is 2.19. The van der Waals surface area contributed by atoms with Crippen LogP contribution in [-0.4, -0.2) is 14.5 Å². The fourth-order valence-corrected chi connectivity index (χ4v) is 5.75. The molecule has 0 bridgehead atoms. The average molecular weight is 462 g/mol. The monoisotopic (exact) mass is 461 g/mol. The second-order valence-electron chi connectivity index (χ2n) is 7.64. The largest absolute Gasteiger partial charge is 0.286 e. The number of thioether (sulfide) groups is 1. The van der Waals surface area contributed by atoms with E-state index < -0.39 is 0 Å². The zero-order valence-electron chi connectivity index (χ0n) is 17.4. The molecule has 1 unspecified atom stereocenters. The third kappa shape index (κ3) is 3.94. The van der Waals surface area contributed by atoms with Crippen LogP contribution in [0, 0.1) is 5.82 Å². The van der Waals surface area contributed by atoms with Crippen LogP contribution in [0.1, 0.15) is 24.0 Å². The van der Waals surface area contributed by atoms with Gasteiger partial charge in [0.2, 0.25) is 0 Å². The van der Waals surface area contributed by atoms with Crippen molar-refractivity contribution in [2.24, 2.45) is 0 Å². The molecule has 0 saturated heterocycles. The highest BCUT2D eigenvalue weighted by atomic mass is 32.2. The standard InChI is InChI=1S/C25H20FN3OS2/c1-16(17-8-3-2-4-9-17)14-29-24(30)22-21(19-11-7-13-27-23(19)32-22)28-25(29)31-15-18-10-5-6-12-20(18)26/h2-13,16H,14-15H2,1H3. The van der Waals surface area contributed by atoms with Crippen LogP contribution in [0.4, 0.5) is 4.39 Å². The minimum Gasteiger partial charge on any atom is -0.286 e. The zero-order chi connectivity index (χ0) is 22.1. The maximum Gasteiger partial charge on any atom is 0.272 e. The molecule has 4 nitrogen and oxygen atoms in total. The van der Waals surface area contributed by atoms with Gasteiger partial charge in [0.1, 0.15) is 15.3 Å². The van der Waals surface area contributed by atoms with E-state index in [1.54, 1.807) is 22.9 Å². The lowest BCUT2D eigenvalue weighted by molar-refractivity contribution is 0.532. The van der Waals surface area contributed by atoms with Crippen molar-refractivity contribution in [1.82, 2.24) is 14.5 Å². The predicted molar refractivity (Wildman–Crippen MR) is 130 cm³/mol. The molecule has 0 N–H and O–H groups in total. The van der Waals surface area contributed by atoms with Crippen molar-refractivity contribution >= 4 is 43.5 Å². The van der Waals surface area contributed by atoms with Gasteiger partial charge >= 0.3 is 0 Å². The van der Waals surface area contributed by atoms with Crippen molar-refractivity contribution in [3.8, 4) is 0 Å². The normalized spacial score (nSPS) is 12.4. The third-order valence-electron chi connectivity index (χ3n) is 5.46. The van der Waals surface area contributed by atoms with E-state index in [-0.39, 0.29) is 17.3 Å². The van der Waals surface area contributed by atoms with Crippen LogP contribution in [0.2, 0.25) is 0 Å². The second kappa shape index (κ2) is 8.84. The van der Waals surface area contributed by atoms with E-state index in [4.69, 9.17) is 4.98 Å². The Morgan fingerprint density at radius 2 is 1.84 bits per heavy atom. The first kappa shape index (κ1) is 20.8. The highest BCUT2D eigenvalue weighted by molar-refractivity contribution is 7.98. The van der Waals surface area contributed by atoms with Crippen molar-refractivity contribution in [1.29, 1.82) is 0 Å². The van der Waals surface area contributed by atoms with Crippen molar-refractivity contribution in [3.05, 3.63) is 100 Å². The topological polar surface area (TPSA) is 47.8 Å². The molecule has 2 aromatic carbocycles. The van der Waals surface area contributed by atoms with Crippen LogP contribution in [0.15, 0.2) is 82.9 Å². The molecule has 1 atom stereocenters. The molecule has 0 amide bonds. The summed E-state index contributed by atoms with van der Waals surface area (Å²) in [4.78, 5) is 23.7. The van der Waals surface area contributed by atoms with Crippen LogP contribution in [-0.2, 0) is 12.3 Å². The van der Waals surface area contributed by atoms with Crippen molar-refractivity contribution in [2.75, 3.05) is 0 Å². The van der Waals surface area contributed by atoms with Gasteiger partial charge in [-0.2, -0.15) is 0 Å². The molecule has 0 fully saturated rings. The molecule has 5 rings (SSSR count). The lowest BCUT2D eigenvalue weighted by Crippen LogP contribution is -2.25. The molecule has 0 aliphatic heterocycles. The van der Waals surface area contributed by atoms with E-state index in [9.17, 15) is 9.18 Å². The number of aromatic nitrogens is 3. The molecule has 0 radical (unpaired) electrons. The van der Waals surface area contributed by atoms with Crippen LogP contribution >= 0.6 is 23.1 Å². The van der Waals surface area contributed by atoms with Gasteiger partial charge in [-0.3, -0.25) is 9.36 Å². The number of rotatable bonds is 6. The van der Waals surface area contributed by atoms with Crippen molar-refractivity contribution in [2.45, 2.75) is 30.3 Å². The number of hydrogen-bond acceptors (Lipinski definition) is 5. The van der Waals surface area contributed by atoms with Crippen LogP contribution in [0.3, 0.4) is 0 Å². The fraction of sp³-hybridized carbons (Fsp3) is 0.160. The number of nitrogens with zero attached hydrogens (tertiary/aromatic N) is 3. The summed E-state index contributed by atoms with van der Waals surface area (Å²) < 4.78 is 16.5. The minimum atomic E-state index is -0.252. The molecule has 160 valence electrons. The predicted octanol–water partition coefficient (Wildman–Crippen LogP) is 6.24. The maximum atomic E-state index is 14.2. The number of halogens is 1. The van der Waals surface area contributed by atoms with Crippen LogP contribution in [0.5, 0.6) is 0 Å². The van der Waals surface area contributed by atoms with Gasteiger partial charge in [-0.15, -0.1) is 11.3 Å². The summed E-state index contributed by atoms with van der Waals surface area (Å²) >= 11 is 2.76. The summed E-state index contributed by atoms with van der Waals surface area (Å²) in [6, 6.07) is 20.6. The maximum absolute atomic E-state index is 14.2. The SMILES string of the molecule is CC(Cn1c(SCc2ccccc2F)nc2c(sc3ncccc32)c1=O)c1ccccc1. The highest BCUT2D eigenvalue weighted by Crippen LogP contribution is 2.32. The second-order valence-corrected chi connectivity index (χ2v) is 9.58. The lowest BCUT2D eigenvalue weighted by atomic mass is 10.0. The molecule has 3 heterocycles. The van der Waals surface area contributed by atoms with Gasteiger partial charge in [0.25, 0.3) is 5.56 Å². The Balaban J connectivity index is 1.61. The van der Waals surface area contributed by atoms with E-state index in [2.05, 4.69) is 24.0 Å². The van der Waals surface area contributed by atoms with Gasteiger partial charge in [-0.1, -0.05) is 67.2 Å². The average Bonchev–Trinajstić information content (AvgIpc) is 3.20. The smallest absolute Gasteiger partial charge is 0.272 e. The summed E-state index contributed by atoms with van der Waals surface area (Å²) in [6.07, 6.45) is 1.72. The van der Waals surface area contributed by atoms with E-state index in [0.717, 1.165) is 15.8 Å². The summed E-state index contributed by atoms with van der Waals surface area (Å²) in [7, 11) is 0. The molecule has 0 aliphatic rings. The summed E-state index contributed by atoms with van der Waals surface area (Å²) in [6.45, 7) is 2.59. The van der Waals surface area contributed by atoms with E-state index in [0.29, 0.717) is 33.2 Å². The Kier molecular flexibility index (Phi) is 5.76. The molecular weight excluding hydrogens is 441 g/mol. The van der Waals surface area contributed by atoms with Gasteiger partial charge in [0.15, 0.2) is 5.16 Å². The Morgan fingerprint density at radius 3 is 2.66 bits per heavy atom. The minimum absolute atomic E-state index is 0.0724. The third-order valence-corrected chi connectivity index (χ3v) is 7.57. The van der Waals surface area contributed by atoms with Gasteiger partial charge in [-0.25, -0.2) is 14.4 Å². The molecular formula is C25H20FN3OS2. The first-order valence-corrected chi connectivity index (χ1v) is 12.1. The Bertz CT molecular complexity index is 1460. The van der Waals surface area contributed by atoms with Crippen LogP contribution < -0.4 is 5.56 Å². The molecule has 0 spiro atoms. The molecule has 5 aromatic rings. The number of fused-ring (bicyclic) bond motifs is 3. The molecule has 32 heavy (non-hydrogen) atoms. The van der Waals surface area contributed by atoms with E-state index in [1.165, 1.54) is 29.2 Å². The van der Waals surface area contributed by atoms with Crippen molar-refractivity contribution in [3.63, 3.8) is 0 Å². The zero-order valence-corrected chi connectivity index (χ0v) is 19.0. The van der Waals surface area contributed by atoms with Crippen molar-refractivity contribution < 1.29 is 4.39 Å². The lowest BCUT2D eigenvalue weighted by Gasteiger charge is -2.17. The Morgan fingerprint density at radius 1 is 1.06 bits per heavy atom. The Hall–Kier alpha value is -3.03. The van der Waals surface area contributed by atoms with E-state index >= 15 is 0 Å². The molecule has 0 saturated carbocycles. The summed E-state index contributed by atoms with van der Waals surface area (Å²) in [5.74, 6) is 0.260. The fourth-order valence-electron chi connectivity index (χ4n) is 3.73. The molecule has 0 aliphatic carbocycles. The first-order valence-electron chi connectivity index (χ1n) is 10.3. The van der Waals surface area contributed by atoms with Gasteiger partial charge < -0.3 is 0 Å². The molecule has 3 aromatic heterocycles. The van der Waals surface area contributed by atoms with Gasteiger partial charge in [0, 0.05) is 23.9 Å². The van der Waals surface area contributed by atoms with E-state index in [1.807, 2.05) is 36.4 Å². The summed E-state index contributed by atoms with van der Waals surface area (Å²) in [5, 5.41) is 1.47.